The summed E-state index contributed by atoms with van der Waals surface area (Å²) in [6, 6.07) is 28.4. The highest BCUT2D eigenvalue weighted by Gasteiger charge is 2.33. The van der Waals surface area contributed by atoms with Gasteiger partial charge in [0.2, 0.25) is 0 Å². The second kappa shape index (κ2) is 8.29. The van der Waals surface area contributed by atoms with Crippen molar-refractivity contribution < 1.29 is 14.1 Å². The molecule has 7 nitrogen and oxygen atoms in total. The molecule has 1 atom stereocenters. The van der Waals surface area contributed by atoms with Gasteiger partial charge in [-0.2, -0.15) is 5.10 Å². The number of hydrogen-bond acceptors (Lipinski definition) is 6. The number of furan rings is 1. The number of methoxy groups -OCH3 is 1. The first-order valence-corrected chi connectivity index (χ1v) is 11.3. The van der Waals surface area contributed by atoms with Crippen molar-refractivity contribution in [1.82, 2.24) is 0 Å². The molecule has 0 saturated heterocycles. The predicted octanol–water partition coefficient (Wildman–Crippen LogP) is 6.86. The molecule has 1 aliphatic rings. The SMILES string of the molecule is COc1ccccc1C1CC(c2cc3c(ccc4ccccc43)o2)=NN1c1ccc([N+](=O)[O-])cc1. The van der Waals surface area contributed by atoms with E-state index in [0.29, 0.717) is 12.2 Å². The summed E-state index contributed by atoms with van der Waals surface area (Å²) in [4.78, 5) is 10.7. The zero-order chi connectivity index (χ0) is 23.9. The van der Waals surface area contributed by atoms with E-state index in [-0.39, 0.29) is 11.7 Å². The van der Waals surface area contributed by atoms with Crippen molar-refractivity contribution in [3.05, 3.63) is 112 Å². The van der Waals surface area contributed by atoms with Crippen LogP contribution in [-0.2, 0) is 0 Å². The van der Waals surface area contributed by atoms with E-state index in [0.717, 1.165) is 44.5 Å². The van der Waals surface area contributed by atoms with Gasteiger partial charge in [0, 0.05) is 29.5 Å². The molecule has 0 radical (unpaired) electrons. The number of hydrazone groups is 1. The largest absolute Gasteiger partial charge is 0.496 e. The summed E-state index contributed by atoms with van der Waals surface area (Å²) in [6.07, 6.45) is 0.592. The van der Waals surface area contributed by atoms with Crippen molar-refractivity contribution >= 4 is 38.8 Å². The minimum absolute atomic E-state index is 0.0372. The van der Waals surface area contributed by atoms with Crippen molar-refractivity contribution in [3.63, 3.8) is 0 Å². The number of fused-ring (bicyclic) bond motifs is 3. The van der Waals surface area contributed by atoms with Gasteiger partial charge in [-0.25, -0.2) is 0 Å². The molecule has 0 spiro atoms. The van der Waals surface area contributed by atoms with Crippen LogP contribution in [0.15, 0.2) is 101 Å². The van der Waals surface area contributed by atoms with E-state index < -0.39 is 4.92 Å². The number of rotatable bonds is 5. The summed E-state index contributed by atoms with van der Waals surface area (Å²) < 4.78 is 11.9. The lowest BCUT2D eigenvalue weighted by Crippen LogP contribution is -2.19. The van der Waals surface area contributed by atoms with Crippen molar-refractivity contribution in [2.24, 2.45) is 5.10 Å². The summed E-state index contributed by atoms with van der Waals surface area (Å²) in [6.45, 7) is 0. The van der Waals surface area contributed by atoms with Crippen molar-refractivity contribution in [2.45, 2.75) is 12.5 Å². The molecule has 4 aromatic carbocycles. The first-order valence-electron chi connectivity index (χ1n) is 11.3. The second-order valence-corrected chi connectivity index (χ2v) is 8.44. The smallest absolute Gasteiger partial charge is 0.269 e. The van der Waals surface area contributed by atoms with Crippen molar-refractivity contribution in [3.8, 4) is 5.75 Å². The molecule has 172 valence electrons. The Morgan fingerprint density at radius 1 is 0.971 bits per heavy atom. The topological polar surface area (TPSA) is 81.1 Å². The number of ether oxygens (including phenoxy) is 1. The third-order valence-corrected chi connectivity index (χ3v) is 6.44. The molecule has 2 heterocycles. The molecule has 0 amide bonds. The van der Waals surface area contributed by atoms with E-state index in [9.17, 15) is 10.1 Å². The Labute approximate surface area is 201 Å². The highest BCUT2D eigenvalue weighted by molar-refractivity contribution is 6.10. The molecular formula is C28H21N3O4. The normalized spacial score (nSPS) is 15.5. The zero-order valence-electron chi connectivity index (χ0n) is 18.9. The molecule has 1 aromatic heterocycles. The Morgan fingerprint density at radius 2 is 1.74 bits per heavy atom. The Bertz CT molecular complexity index is 1600. The average molecular weight is 463 g/mol. The number of non-ortho nitro benzene ring substituents is 1. The van der Waals surface area contributed by atoms with E-state index in [4.69, 9.17) is 14.3 Å². The lowest BCUT2D eigenvalue weighted by atomic mass is 9.99. The minimum Gasteiger partial charge on any atom is -0.496 e. The van der Waals surface area contributed by atoms with Crippen LogP contribution in [0.4, 0.5) is 11.4 Å². The monoisotopic (exact) mass is 463 g/mol. The van der Waals surface area contributed by atoms with Crippen molar-refractivity contribution in [1.29, 1.82) is 0 Å². The number of benzene rings is 4. The molecule has 0 aliphatic carbocycles. The summed E-state index contributed by atoms with van der Waals surface area (Å²) >= 11 is 0. The van der Waals surface area contributed by atoms with E-state index >= 15 is 0 Å². The Morgan fingerprint density at radius 3 is 2.54 bits per heavy atom. The quantitative estimate of drug-likeness (QED) is 0.210. The molecule has 0 saturated carbocycles. The van der Waals surface area contributed by atoms with Gasteiger partial charge in [-0.05, 0) is 41.1 Å². The molecule has 7 heteroatoms. The second-order valence-electron chi connectivity index (χ2n) is 8.44. The lowest BCUT2D eigenvalue weighted by molar-refractivity contribution is -0.384. The van der Waals surface area contributed by atoms with E-state index in [2.05, 4.69) is 24.3 Å². The van der Waals surface area contributed by atoms with Gasteiger partial charge in [-0.3, -0.25) is 15.1 Å². The standard InChI is InChI=1S/C28H21N3O4/c1-34-26-9-5-4-8-22(26)25-17-24(29-30(25)19-11-13-20(14-12-19)31(32)33)28-16-23-21-7-3-2-6-18(21)10-15-27(23)35-28/h2-16,25H,17H2,1H3. The lowest BCUT2D eigenvalue weighted by Gasteiger charge is -2.25. The predicted molar refractivity (Wildman–Crippen MR) is 136 cm³/mol. The fourth-order valence-electron chi connectivity index (χ4n) is 4.74. The van der Waals surface area contributed by atoms with E-state index in [1.54, 1.807) is 19.2 Å². The third kappa shape index (κ3) is 3.58. The summed E-state index contributed by atoms with van der Waals surface area (Å²) in [7, 11) is 1.65. The first kappa shape index (κ1) is 20.9. The molecule has 5 aromatic rings. The van der Waals surface area contributed by atoms with Crippen LogP contribution in [0.2, 0.25) is 0 Å². The molecular weight excluding hydrogens is 442 g/mol. The van der Waals surface area contributed by atoms with Crippen molar-refractivity contribution in [2.75, 3.05) is 12.1 Å². The van der Waals surface area contributed by atoms with Crippen LogP contribution in [0.3, 0.4) is 0 Å². The van der Waals surface area contributed by atoms with Gasteiger partial charge in [0.25, 0.3) is 5.69 Å². The zero-order valence-corrected chi connectivity index (χ0v) is 18.9. The van der Waals surface area contributed by atoms with Crippen LogP contribution >= 0.6 is 0 Å². The van der Waals surface area contributed by atoms with E-state index in [1.165, 1.54) is 12.1 Å². The summed E-state index contributed by atoms with van der Waals surface area (Å²) in [5.41, 5.74) is 3.38. The number of nitro groups is 1. The van der Waals surface area contributed by atoms with Gasteiger partial charge < -0.3 is 9.15 Å². The Hall–Kier alpha value is -4.65. The van der Waals surface area contributed by atoms with Crippen LogP contribution < -0.4 is 9.75 Å². The van der Waals surface area contributed by atoms with Crippen LogP contribution in [0.1, 0.15) is 23.8 Å². The average Bonchev–Trinajstić information content (AvgIpc) is 3.54. The van der Waals surface area contributed by atoms with Gasteiger partial charge in [0.15, 0.2) is 5.76 Å². The molecule has 1 aliphatic heterocycles. The highest BCUT2D eigenvalue weighted by Crippen LogP contribution is 2.41. The number of hydrogen-bond donors (Lipinski definition) is 0. The van der Waals surface area contributed by atoms with Crippen LogP contribution in [-0.4, -0.2) is 17.7 Å². The molecule has 1 unspecified atom stereocenters. The molecule has 0 bridgehead atoms. The maximum absolute atomic E-state index is 11.2. The van der Waals surface area contributed by atoms with Gasteiger partial charge in [-0.15, -0.1) is 0 Å². The summed E-state index contributed by atoms with van der Waals surface area (Å²) in [5, 5.41) is 21.3. The molecule has 0 fully saturated rings. The van der Waals surface area contributed by atoms with Gasteiger partial charge in [0.1, 0.15) is 17.0 Å². The number of anilines is 1. The third-order valence-electron chi connectivity index (χ3n) is 6.44. The Kier molecular flexibility index (Phi) is 4.95. The van der Waals surface area contributed by atoms with Gasteiger partial charge >= 0.3 is 0 Å². The first-order chi connectivity index (χ1) is 17.1. The number of nitrogens with zero attached hydrogens (tertiary/aromatic N) is 3. The minimum atomic E-state index is -0.404. The number of nitro benzene ring substituents is 1. The molecule has 0 N–H and O–H groups in total. The molecule has 35 heavy (non-hydrogen) atoms. The maximum Gasteiger partial charge on any atom is 0.269 e. The number of para-hydroxylation sites is 1. The van der Waals surface area contributed by atoms with Crippen LogP contribution in [0, 0.1) is 10.1 Å². The summed E-state index contributed by atoms with van der Waals surface area (Å²) in [5.74, 6) is 1.47. The Balaban J connectivity index is 1.46. The maximum atomic E-state index is 11.2. The molecule has 6 rings (SSSR count). The van der Waals surface area contributed by atoms with E-state index in [1.807, 2.05) is 47.5 Å². The fraction of sp³-hybridized carbons (Fsp3) is 0.107. The van der Waals surface area contributed by atoms with Gasteiger partial charge in [-0.1, -0.05) is 48.5 Å². The van der Waals surface area contributed by atoms with Crippen LogP contribution in [0.25, 0.3) is 21.7 Å². The fourth-order valence-corrected chi connectivity index (χ4v) is 4.74. The highest BCUT2D eigenvalue weighted by atomic mass is 16.6. The van der Waals surface area contributed by atoms with Crippen LogP contribution in [0.5, 0.6) is 5.75 Å². The van der Waals surface area contributed by atoms with Gasteiger partial charge in [0.05, 0.1) is 23.8 Å².